The zero-order valence-corrected chi connectivity index (χ0v) is 11.5. The summed E-state index contributed by atoms with van der Waals surface area (Å²) < 4.78 is 1.92. The molecule has 2 rings (SSSR count). The van der Waals surface area contributed by atoms with Crippen molar-refractivity contribution >= 4 is 0 Å². The van der Waals surface area contributed by atoms with Gasteiger partial charge in [0.2, 0.25) is 0 Å². The number of hydrogen-bond acceptors (Lipinski definition) is 4. The summed E-state index contributed by atoms with van der Waals surface area (Å²) >= 11 is 0. The van der Waals surface area contributed by atoms with Gasteiger partial charge in [-0.3, -0.25) is 0 Å². The lowest BCUT2D eigenvalue weighted by Crippen LogP contribution is -2.26. The van der Waals surface area contributed by atoms with E-state index in [4.69, 9.17) is 0 Å². The Morgan fingerprint density at radius 3 is 2.53 bits per heavy atom. The van der Waals surface area contributed by atoms with Gasteiger partial charge in [0.25, 0.3) is 0 Å². The second kappa shape index (κ2) is 5.84. The molecule has 1 aromatic heterocycles. The highest BCUT2D eigenvalue weighted by Gasteiger charge is 2.16. The van der Waals surface area contributed by atoms with E-state index >= 15 is 0 Å². The van der Waals surface area contributed by atoms with Crippen LogP contribution in [0.1, 0.15) is 43.7 Å². The van der Waals surface area contributed by atoms with Crippen LogP contribution in [0.15, 0.2) is 30.6 Å². The molecule has 0 aliphatic heterocycles. The molecule has 2 unspecified atom stereocenters. The molecule has 1 aromatic carbocycles. The molecule has 0 saturated carbocycles. The number of rotatable bonds is 5. The van der Waals surface area contributed by atoms with Crippen molar-refractivity contribution in [3.05, 3.63) is 42.0 Å². The summed E-state index contributed by atoms with van der Waals surface area (Å²) in [5.41, 5.74) is 1.16. The smallest absolute Gasteiger partial charge is 0.149 e. The third kappa shape index (κ3) is 3.12. The molecule has 0 radical (unpaired) electrons. The van der Waals surface area contributed by atoms with Crippen molar-refractivity contribution in [3.63, 3.8) is 0 Å². The van der Waals surface area contributed by atoms with Crippen LogP contribution in [0, 0.1) is 0 Å². The molecule has 19 heavy (non-hydrogen) atoms. The van der Waals surface area contributed by atoms with Crippen LogP contribution in [0.4, 0.5) is 0 Å². The molecule has 2 aromatic rings. The summed E-state index contributed by atoms with van der Waals surface area (Å²) in [4.78, 5) is 0. The van der Waals surface area contributed by atoms with Gasteiger partial charge in [-0.05, 0) is 31.0 Å². The lowest BCUT2D eigenvalue weighted by atomic mass is 10.0. The Morgan fingerprint density at radius 1 is 1.32 bits per heavy atom. The number of benzene rings is 1. The largest absolute Gasteiger partial charge is 0.508 e. The highest BCUT2D eigenvalue weighted by Crippen LogP contribution is 2.22. The summed E-state index contributed by atoms with van der Waals surface area (Å²) in [5.74, 6) is 1.21. The summed E-state index contributed by atoms with van der Waals surface area (Å²) in [6, 6.07) is 7.66. The normalized spacial score (nSPS) is 14.3. The van der Waals surface area contributed by atoms with Crippen molar-refractivity contribution in [2.45, 2.75) is 32.4 Å². The molecule has 5 nitrogen and oxygen atoms in total. The molecule has 0 aliphatic carbocycles. The van der Waals surface area contributed by atoms with Gasteiger partial charge >= 0.3 is 0 Å². The Labute approximate surface area is 113 Å². The van der Waals surface area contributed by atoms with E-state index in [9.17, 15) is 5.11 Å². The van der Waals surface area contributed by atoms with E-state index in [1.807, 2.05) is 23.7 Å². The fourth-order valence-electron chi connectivity index (χ4n) is 2.22. The van der Waals surface area contributed by atoms with Crippen molar-refractivity contribution in [3.8, 4) is 5.75 Å². The Balaban J connectivity index is 2.11. The van der Waals surface area contributed by atoms with Gasteiger partial charge in [0.1, 0.15) is 17.9 Å². The number of nitrogens with one attached hydrogen (secondary N) is 1. The standard InChI is InChI=1S/C14H20N4O/c1-4-13(11-5-7-12(19)8-6-11)16-10(2)14-17-15-9-18(14)3/h5-10,13,16,19H,4H2,1-3H3. The lowest BCUT2D eigenvalue weighted by molar-refractivity contribution is 0.433. The van der Waals surface area contributed by atoms with E-state index in [0.717, 1.165) is 17.8 Å². The van der Waals surface area contributed by atoms with Gasteiger partial charge in [0.05, 0.1) is 6.04 Å². The third-order valence-electron chi connectivity index (χ3n) is 3.29. The highest BCUT2D eigenvalue weighted by molar-refractivity contribution is 5.28. The van der Waals surface area contributed by atoms with Crippen molar-refractivity contribution in [2.75, 3.05) is 0 Å². The Hall–Kier alpha value is -1.88. The van der Waals surface area contributed by atoms with Gasteiger partial charge in [0, 0.05) is 13.1 Å². The lowest BCUT2D eigenvalue weighted by Gasteiger charge is -2.22. The fourth-order valence-corrected chi connectivity index (χ4v) is 2.22. The summed E-state index contributed by atoms with van der Waals surface area (Å²) in [6.07, 6.45) is 2.67. The molecule has 102 valence electrons. The van der Waals surface area contributed by atoms with Crippen LogP contribution in [0.25, 0.3) is 0 Å². The minimum Gasteiger partial charge on any atom is -0.508 e. The predicted octanol–water partition coefficient (Wildman–Crippen LogP) is 2.32. The van der Waals surface area contributed by atoms with Crippen LogP contribution in [0.3, 0.4) is 0 Å². The molecule has 0 spiro atoms. The first kappa shape index (κ1) is 13.5. The van der Waals surface area contributed by atoms with Gasteiger partial charge in [0.15, 0.2) is 0 Å². The van der Waals surface area contributed by atoms with Crippen LogP contribution >= 0.6 is 0 Å². The maximum atomic E-state index is 9.34. The van der Waals surface area contributed by atoms with Gasteiger partial charge < -0.3 is 15.0 Å². The average molecular weight is 260 g/mol. The van der Waals surface area contributed by atoms with Crippen molar-refractivity contribution in [2.24, 2.45) is 7.05 Å². The van der Waals surface area contributed by atoms with Crippen LogP contribution in [-0.2, 0) is 7.05 Å². The molecule has 2 atom stereocenters. The van der Waals surface area contributed by atoms with Crippen molar-refractivity contribution < 1.29 is 5.11 Å². The number of hydrogen-bond donors (Lipinski definition) is 2. The maximum Gasteiger partial charge on any atom is 0.149 e. The summed E-state index contributed by atoms with van der Waals surface area (Å²) in [6.45, 7) is 4.21. The number of aryl methyl sites for hydroxylation is 1. The van der Waals surface area contributed by atoms with Crippen LogP contribution in [-0.4, -0.2) is 19.9 Å². The monoisotopic (exact) mass is 260 g/mol. The zero-order valence-electron chi connectivity index (χ0n) is 11.5. The van der Waals surface area contributed by atoms with Crippen molar-refractivity contribution in [1.29, 1.82) is 0 Å². The zero-order chi connectivity index (χ0) is 13.8. The number of phenolic OH excluding ortho intramolecular Hbond substituents is 1. The second-order valence-electron chi connectivity index (χ2n) is 4.74. The Bertz CT molecular complexity index is 520. The molecule has 0 saturated heterocycles. The molecular weight excluding hydrogens is 240 g/mol. The van der Waals surface area contributed by atoms with E-state index in [-0.39, 0.29) is 12.1 Å². The van der Waals surface area contributed by atoms with Gasteiger partial charge in [-0.2, -0.15) is 0 Å². The van der Waals surface area contributed by atoms with Crippen LogP contribution in [0.5, 0.6) is 5.75 Å². The number of aromatic nitrogens is 3. The molecule has 0 amide bonds. The average Bonchev–Trinajstić information content (AvgIpc) is 2.83. The summed E-state index contributed by atoms with van der Waals surface area (Å²) in [7, 11) is 1.94. The van der Waals surface area contributed by atoms with E-state index < -0.39 is 0 Å². The molecule has 2 N–H and O–H groups in total. The first-order valence-corrected chi connectivity index (χ1v) is 6.50. The number of aromatic hydroxyl groups is 1. The minimum absolute atomic E-state index is 0.117. The minimum atomic E-state index is 0.117. The van der Waals surface area contributed by atoms with Crippen LogP contribution in [0.2, 0.25) is 0 Å². The van der Waals surface area contributed by atoms with E-state index in [1.54, 1.807) is 18.5 Å². The fraction of sp³-hybridized carbons (Fsp3) is 0.429. The maximum absolute atomic E-state index is 9.34. The number of phenols is 1. The SMILES string of the molecule is CCC(NC(C)c1nncn1C)c1ccc(O)cc1. The molecule has 5 heteroatoms. The van der Waals surface area contributed by atoms with Crippen LogP contribution < -0.4 is 5.32 Å². The van der Waals surface area contributed by atoms with E-state index in [2.05, 4.69) is 29.4 Å². The molecule has 0 aliphatic rings. The Kier molecular flexibility index (Phi) is 4.16. The van der Waals surface area contributed by atoms with Gasteiger partial charge in [-0.15, -0.1) is 10.2 Å². The molecule has 1 heterocycles. The van der Waals surface area contributed by atoms with Gasteiger partial charge in [-0.1, -0.05) is 19.1 Å². The molecule has 0 fully saturated rings. The van der Waals surface area contributed by atoms with Gasteiger partial charge in [-0.25, -0.2) is 0 Å². The predicted molar refractivity (Wildman–Crippen MR) is 73.7 cm³/mol. The third-order valence-corrected chi connectivity index (χ3v) is 3.29. The quantitative estimate of drug-likeness (QED) is 0.866. The summed E-state index contributed by atoms with van der Waals surface area (Å²) in [5, 5.41) is 20.9. The van der Waals surface area contributed by atoms with E-state index in [0.29, 0.717) is 5.75 Å². The second-order valence-corrected chi connectivity index (χ2v) is 4.74. The number of nitrogens with zero attached hydrogens (tertiary/aromatic N) is 3. The van der Waals surface area contributed by atoms with E-state index in [1.165, 1.54) is 0 Å². The van der Waals surface area contributed by atoms with Crippen molar-refractivity contribution in [1.82, 2.24) is 20.1 Å². The highest BCUT2D eigenvalue weighted by atomic mass is 16.3. The first-order chi connectivity index (χ1) is 9.11. The first-order valence-electron chi connectivity index (χ1n) is 6.50. The molecular formula is C14H20N4O. The topological polar surface area (TPSA) is 63.0 Å². The molecule has 0 bridgehead atoms. The Morgan fingerprint density at radius 2 is 2.00 bits per heavy atom.